The molecule has 3 aromatic rings. The van der Waals surface area contributed by atoms with Crippen LogP contribution in [0.3, 0.4) is 0 Å². The Bertz CT molecular complexity index is 908. The molecule has 5 heteroatoms. The number of ether oxygens (including phenoxy) is 1. The van der Waals surface area contributed by atoms with Gasteiger partial charge in [0.25, 0.3) is 0 Å². The number of rotatable bonds is 4. The second kappa shape index (κ2) is 7.22. The van der Waals surface area contributed by atoms with Gasteiger partial charge in [-0.05, 0) is 56.0 Å². The van der Waals surface area contributed by atoms with Gasteiger partial charge in [0.2, 0.25) is 0 Å². The van der Waals surface area contributed by atoms with Crippen LogP contribution in [-0.2, 0) is 0 Å². The van der Waals surface area contributed by atoms with Crippen LogP contribution in [0.1, 0.15) is 31.3 Å². The highest BCUT2D eigenvalue weighted by atomic mass is 32.1. The van der Waals surface area contributed by atoms with Crippen molar-refractivity contribution in [3.8, 4) is 22.4 Å². The maximum atomic E-state index is 9.51. The number of thiazole rings is 1. The van der Waals surface area contributed by atoms with E-state index in [4.69, 9.17) is 4.74 Å². The van der Waals surface area contributed by atoms with E-state index in [9.17, 15) is 5.26 Å². The molecule has 0 spiro atoms. The Morgan fingerprint density at radius 3 is 2.52 bits per heavy atom. The second-order valence-electron chi connectivity index (χ2n) is 6.47. The molecule has 2 aromatic heterocycles. The molecule has 2 heterocycles. The highest BCUT2D eigenvalue weighted by Crippen LogP contribution is 2.30. The fraction of sp³-hybridized carbons (Fsp3) is 0.200. The average molecular weight is 367 g/mol. The largest absolute Gasteiger partial charge is 0.488 e. The number of hydrogen-bond donors (Lipinski definition) is 0. The van der Waals surface area contributed by atoms with Gasteiger partial charge < -0.3 is 4.74 Å². The van der Waals surface area contributed by atoms with E-state index in [0.29, 0.717) is 5.57 Å². The summed E-state index contributed by atoms with van der Waals surface area (Å²) < 4.78 is 5.82. The smallest absolute Gasteiger partial charge is 0.134 e. The van der Waals surface area contributed by atoms with Gasteiger partial charge in [-0.1, -0.05) is 18.2 Å². The number of nitriles is 1. The first-order chi connectivity index (χ1) is 11.9. The van der Waals surface area contributed by atoms with Crippen molar-refractivity contribution in [1.29, 1.82) is 5.26 Å². The van der Waals surface area contributed by atoms with Crippen molar-refractivity contribution in [2.24, 2.45) is 0 Å². The van der Waals surface area contributed by atoms with Gasteiger partial charge in [-0.2, -0.15) is 5.26 Å². The predicted octanol–water partition coefficient (Wildman–Crippen LogP) is 6.11. The van der Waals surface area contributed by atoms with Gasteiger partial charge in [-0.25, -0.2) is 4.98 Å². The van der Waals surface area contributed by atoms with E-state index in [-0.39, 0.29) is 5.60 Å². The van der Waals surface area contributed by atoms with Gasteiger partial charge in [0.05, 0.1) is 16.1 Å². The third kappa shape index (κ3) is 4.56. The summed E-state index contributed by atoms with van der Waals surface area (Å²) in [6.07, 6.45) is 1.86. The molecule has 3 nitrogen and oxygen atoms in total. The molecule has 0 aliphatic heterocycles. The van der Waals surface area contributed by atoms with E-state index >= 15 is 0 Å². The maximum absolute atomic E-state index is 9.51. The summed E-state index contributed by atoms with van der Waals surface area (Å²) in [5.41, 5.74) is 2.21. The van der Waals surface area contributed by atoms with E-state index in [1.165, 1.54) is 11.3 Å². The molecule has 1 aromatic carbocycles. The number of nitrogens with zero attached hydrogens (tertiary/aromatic N) is 2. The zero-order valence-corrected chi connectivity index (χ0v) is 15.9. The summed E-state index contributed by atoms with van der Waals surface area (Å²) in [7, 11) is 0. The third-order valence-electron chi connectivity index (χ3n) is 3.24. The van der Waals surface area contributed by atoms with Gasteiger partial charge in [0.15, 0.2) is 0 Å². The van der Waals surface area contributed by atoms with Crippen LogP contribution in [0.4, 0.5) is 0 Å². The zero-order valence-electron chi connectivity index (χ0n) is 14.3. The standard InChI is InChI=1S/C20H18N2OS2/c1-20(2,3)23-16-8-6-14(7-9-16)11-15(12-21)19-22-17(13-25-19)18-5-4-10-24-18/h4-11,13H,1-3H3/b15-11-. The van der Waals surface area contributed by atoms with Crippen LogP contribution in [0.5, 0.6) is 5.75 Å². The average Bonchev–Trinajstić information content (AvgIpc) is 3.24. The molecular weight excluding hydrogens is 348 g/mol. The van der Waals surface area contributed by atoms with E-state index in [2.05, 4.69) is 11.1 Å². The Hall–Kier alpha value is -2.42. The van der Waals surface area contributed by atoms with Crippen LogP contribution in [0.2, 0.25) is 0 Å². The first kappa shape index (κ1) is 17.4. The van der Waals surface area contributed by atoms with Crippen molar-refractivity contribution < 1.29 is 4.74 Å². The topological polar surface area (TPSA) is 45.9 Å². The lowest BCUT2D eigenvalue weighted by Gasteiger charge is -2.21. The van der Waals surface area contributed by atoms with Crippen LogP contribution in [0, 0.1) is 11.3 Å². The van der Waals surface area contributed by atoms with Crippen molar-refractivity contribution in [2.75, 3.05) is 0 Å². The van der Waals surface area contributed by atoms with Crippen molar-refractivity contribution in [1.82, 2.24) is 4.98 Å². The molecule has 126 valence electrons. The molecule has 0 amide bonds. The number of hydrogen-bond acceptors (Lipinski definition) is 5. The first-order valence-corrected chi connectivity index (χ1v) is 9.61. The Morgan fingerprint density at radius 1 is 1.16 bits per heavy atom. The lowest BCUT2D eigenvalue weighted by atomic mass is 10.1. The molecule has 0 saturated heterocycles. The zero-order chi connectivity index (χ0) is 17.9. The molecule has 0 atom stereocenters. The molecule has 0 radical (unpaired) electrons. The molecule has 0 aliphatic rings. The van der Waals surface area contributed by atoms with Crippen LogP contribution >= 0.6 is 22.7 Å². The van der Waals surface area contributed by atoms with Gasteiger partial charge in [-0.3, -0.25) is 0 Å². The van der Waals surface area contributed by atoms with Crippen LogP contribution < -0.4 is 4.74 Å². The minimum atomic E-state index is -0.228. The van der Waals surface area contributed by atoms with Crippen molar-refractivity contribution in [3.05, 3.63) is 57.7 Å². The van der Waals surface area contributed by atoms with E-state index in [0.717, 1.165) is 26.9 Å². The second-order valence-corrected chi connectivity index (χ2v) is 8.27. The van der Waals surface area contributed by atoms with Crippen LogP contribution in [-0.4, -0.2) is 10.6 Å². The number of thiophene rings is 1. The summed E-state index contributed by atoms with van der Waals surface area (Å²) >= 11 is 3.14. The van der Waals surface area contributed by atoms with Gasteiger partial charge in [-0.15, -0.1) is 22.7 Å². The monoisotopic (exact) mass is 366 g/mol. The van der Waals surface area contributed by atoms with Gasteiger partial charge in [0, 0.05) is 5.38 Å². The summed E-state index contributed by atoms with van der Waals surface area (Å²) in [6, 6.07) is 14.0. The molecule has 25 heavy (non-hydrogen) atoms. The molecule has 0 saturated carbocycles. The summed E-state index contributed by atoms with van der Waals surface area (Å²) in [5, 5.41) is 14.3. The minimum absolute atomic E-state index is 0.228. The highest BCUT2D eigenvalue weighted by Gasteiger charge is 2.12. The lowest BCUT2D eigenvalue weighted by molar-refractivity contribution is 0.131. The highest BCUT2D eigenvalue weighted by molar-refractivity contribution is 7.14. The number of benzene rings is 1. The van der Waals surface area contributed by atoms with Crippen molar-refractivity contribution in [2.45, 2.75) is 26.4 Å². The quantitative estimate of drug-likeness (QED) is 0.523. The predicted molar refractivity (Wildman–Crippen MR) is 106 cm³/mol. The third-order valence-corrected chi connectivity index (χ3v) is 5.01. The normalized spacial score (nSPS) is 12.0. The first-order valence-electron chi connectivity index (χ1n) is 7.85. The molecule has 0 N–H and O–H groups in total. The summed E-state index contributed by atoms with van der Waals surface area (Å²) in [4.78, 5) is 5.71. The lowest BCUT2D eigenvalue weighted by Crippen LogP contribution is -2.22. The summed E-state index contributed by atoms with van der Waals surface area (Å²) in [6.45, 7) is 6.05. The Balaban J connectivity index is 1.82. The molecule has 3 rings (SSSR count). The van der Waals surface area contributed by atoms with Crippen molar-refractivity contribution in [3.63, 3.8) is 0 Å². The minimum Gasteiger partial charge on any atom is -0.488 e. The Labute approximate surface area is 155 Å². The van der Waals surface area contributed by atoms with Crippen LogP contribution in [0.25, 0.3) is 22.2 Å². The van der Waals surface area contributed by atoms with Crippen LogP contribution in [0.15, 0.2) is 47.2 Å². The number of aromatic nitrogens is 1. The molecule has 0 aliphatic carbocycles. The molecule has 0 bridgehead atoms. The fourth-order valence-electron chi connectivity index (χ4n) is 2.23. The Kier molecular flexibility index (Phi) is 5.03. The summed E-state index contributed by atoms with van der Waals surface area (Å²) in [5.74, 6) is 0.817. The van der Waals surface area contributed by atoms with Gasteiger partial charge in [0.1, 0.15) is 22.4 Å². The molecule has 0 unspecified atom stereocenters. The van der Waals surface area contributed by atoms with Gasteiger partial charge >= 0.3 is 0 Å². The maximum Gasteiger partial charge on any atom is 0.134 e. The molecule has 0 fully saturated rings. The fourth-order valence-corrected chi connectivity index (χ4v) is 3.78. The number of allylic oxidation sites excluding steroid dienone is 1. The van der Waals surface area contributed by atoms with E-state index in [1.54, 1.807) is 11.3 Å². The van der Waals surface area contributed by atoms with E-state index < -0.39 is 0 Å². The van der Waals surface area contributed by atoms with Crippen molar-refractivity contribution >= 4 is 34.3 Å². The SMILES string of the molecule is CC(C)(C)Oc1ccc(/C=C(/C#N)c2nc(-c3cccs3)cs2)cc1. The van der Waals surface area contributed by atoms with E-state index in [1.807, 2.05) is 74.0 Å². The Morgan fingerprint density at radius 2 is 1.92 bits per heavy atom. The molecular formula is C20H18N2OS2.